The van der Waals surface area contributed by atoms with E-state index in [1.54, 1.807) is 0 Å². The molecule has 0 unspecified atom stereocenters. The third kappa shape index (κ3) is 2.53. The molecule has 2 aromatic carbocycles. The first-order valence-corrected chi connectivity index (χ1v) is 6.61. The van der Waals surface area contributed by atoms with E-state index in [1.807, 2.05) is 24.3 Å². The van der Waals surface area contributed by atoms with Gasteiger partial charge in [0.15, 0.2) is 5.82 Å². The second-order valence-electron chi connectivity index (χ2n) is 4.02. The number of aromatic nitrogens is 3. The number of hydrogen-bond acceptors (Lipinski definition) is 3. The predicted molar refractivity (Wildman–Crippen MR) is 78.4 cm³/mol. The van der Waals surface area contributed by atoms with Gasteiger partial charge in [-0.3, -0.25) is 0 Å². The lowest BCUT2D eigenvalue weighted by molar-refractivity contribution is 1.05. The van der Waals surface area contributed by atoms with Gasteiger partial charge < -0.3 is 0 Å². The highest BCUT2D eigenvalue weighted by Gasteiger charge is 2.07. The summed E-state index contributed by atoms with van der Waals surface area (Å²) >= 11 is 3.58. The Morgan fingerprint density at radius 2 is 1.53 bits per heavy atom. The summed E-state index contributed by atoms with van der Waals surface area (Å²) < 4.78 is 0.972. The van der Waals surface area contributed by atoms with E-state index in [2.05, 4.69) is 55.1 Å². The van der Waals surface area contributed by atoms with Crippen LogP contribution in [0.25, 0.3) is 22.5 Å². The molecule has 0 radical (unpaired) electrons. The van der Waals surface area contributed by atoms with E-state index in [1.165, 1.54) is 18.2 Å². The summed E-state index contributed by atoms with van der Waals surface area (Å²) in [5, 5.41) is 0. The first kappa shape index (κ1) is 12.0. The molecule has 1 aromatic heterocycles. The van der Waals surface area contributed by atoms with Crippen molar-refractivity contribution in [3.05, 3.63) is 65.7 Å². The van der Waals surface area contributed by atoms with E-state index in [0.717, 1.165) is 15.6 Å². The van der Waals surface area contributed by atoms with Crippen LogP contribution in [0.3, 0.4) is 0 Å². The van der Waals surface area contributed by atoms with Crippen molar-refractivity contribution in [3.8, 4) is 22.5 Å². The lowest BCUT2D eigenvalue weighted by Crippen LogP contribution is -1.90. The van der Waals surface area contributed by atoms with Crippen molar-refractivity contribution in [2.24, 2.45) is 0 Å². The van der Waals surface area contributed by atoms with Crippen LogP contribution >= 0.6 is 15.9 Å². The summed E-state index contributed by atoms with van der Waals surface area (Å²) in [4.78, 5) is 12.1. The number of rotatable bonds is 2. The maximum atomic E-state index is 4.16. The summed E-state index contributed by atoms with van der Waals surface area (Å²) in [6.07, 6.45) is 3.00. The first-order chi connectivity index (χ1) is 9.34. The molecule has 0 amide bonds. The molecule has 0 bridgehead atoms. The van der Waals surface area contributed by atoms with Gasteiger partial charge in [0.25, 0.3) is 0 Å². The summed E-state index contributed by atoms with van der Waals surface area (Å²) in [5.41, 5.74) is 3.30. The van der Waals surface area contributed by atoms with Crippen LogP contribution in [0.4, 0.5) is 0 Å². The summed E-state index contributed by atoms with van der Waals surface area (Å²) in [6.45, 7) is 0. The minimum Gasteiger partial charge on any atom is -0.225 e. The van der Waals surface area contributed by atoms with Crippen molar-refractivity contribution in [1.29, 1.82) is 0 Å². The molecule has 0 fully saturated rings. The number of hydrogen-bond donors (Lipinski definition) is 0. The topological polar surface area (TPSA) is 38.7 Å². The molecule has 0 aliphatic carbocycles. The van der Waals surface area contributed by atoms with Gasteiger partial charge in [-0.15, -0.1) is 0 Å². The molecule has 3 aromatic rings. The third-order valence-corrected chi connectivity index (χ3v) is 3.47. The normalized spacial score (nSPS) is 10.4. The quantitative estimate of drug-likeness (QED) is 0.719. The monoisotopic (exact) mass is 311 g/mol. The maximum Gasteiger partial charge on any atom is 0.163 e. The molecule has 92 valence electrons. The van der Waals surface area contributed by atoms with Crippen LogP contribution in [-0.4, -0.2) is 15.0 Å². The van der Waals surface area contributed by atoms with Crippen LogP contribution in [0.5, 0.6) is 0 Å². The number of halogens is 1. The van der Waals surface area contributed by atoms with E-state index in [-0.39, 0.29) is 0 Å². The van der Waals surface area contributed by atoms with Gasteiger partial charge in [-0.2, -0.15) is 0 Å². The van der Waals surface area contributed by atoms with Crippen molar-refractivity contribution >= 4 is 15.9 Å². The zero-order chi connectivity index (χ0) is 13.1. The van der Waals surface area contributed by atoms with Crippen molar-refractivity contribution < 1.29 is 0 Å². The molecule has 0 aliphatic heterocycles. The zero-order valence-corrected chi connectivity index (χ0v) is 11.6. The largest absolute Gasteiger partial charge is 0.225 e. The molecule has 3 nitrogen and oxygen atoms in total. The molecule has 0 atom stereocenters. The van der Waals surface area contributed by atoms with E-state index in [4.69, 9.17) is 0 Å². The lowest BCUT2D eigenvalue weighted by atomic mass is 10.0. The van der Waals surface area contributed by atoms with E-state index in [0.29, 0.717) is 5.82 Å². The van der Waals surface area contributed by atoms with E-state index >= 15 is 0 Å². The van der Waals surface area contributed by atoms with Crippen LogP contribution in [0.2, 0.25) is 0 Å². The SMILES string of the molecule is Brc1cc(-c2ccccc2)ccc1-c1ncncn1. The lowest BCUT2D eigenvalue weighted by Gasteiger charge is -2.06. The van der Waals surface area contributed by atoms with E-state index < -0.39 is 0 Å². The van der Waals surface area contributed by atoms with Gasteiger partial charge in [0.05, 0.1) is 0 Å². The van der Waals surface area contributed by atoms with Crippen LogP contribution < -0.4 is 0 Å². The summed E-state index contributed by atoms with van der Waals surface area (Å²) in [6, 6.07) is 16.4. The fourth-order valence-electron chi connectivity index (χ4n) is 1.88. The van der Waals surface area contributed by atoms with Crippen LogP contribution in [0.1, 0.15) is 0 Å². The Hall–Kier alpha value is -2.07. The predicted octanol–water partition coefficient (Wildman–Crippen LogP) is 3.97. The molecular formula is C15H10BrN3. The number of nitrogens with zero attached hydrogens (tertiary/aromatic N) is 3. The fraction of sp³-hybridized carbons (Fsp3) is 0. The second kappa shape index (κ2) is 5.28. The van der Waals surface area contributed by atoms with Crippen molar-refractivity contribution in [2.45, 2.75) is 0 Å². The van der Waals surface area contributed by atoms with Crippen LogP contribution in [0.15, 0.2) is 65.7 Å². The third-order valence-electron chi connectivity index (χ3n) is 2.81. The smallest absolute Gasteiger partial charge is 0.163 e. The minimum atomic E-state index is 0.668. The Morgan fingerprint density at radius 1 is 0.789 bits per heavy atom. The zero-order valence-electron chi connectivity index (χ0n) is 9.99. The maximum absolute atomic E-state index is 4.16. The molecule has 0 aliphatic rings. The van der Waals surface area contributed by atoms with Crippen LogP contribution in [0, 0.1) is 0 Å². The average Bonchev–Trinajstić information content (AvgIpc) is 2.49. The van der Waals surface area contributed by atoms with Crippen molar-refractivity contribution in [3.63, 3.8) is 0 Å². The highest BCUT2D eigenvalue weighted by Crippen LogP contribution is 2.30. The molecule has 4 heteroatoms. The Morgan fingerprint density at radius 3 is 2.21 bits per heavy atom. The standard InChI is InChI=1S/C15H10BrN3/c16-14-8-12(11-4-2-1-3-5-11)6-7-13(14)15-18-9-17-10-19-15/h1-10H. The molecule has 19 heavy (non-hydrogen) atoms. The molecule has 0 N–H and O–H groups in total. The van der Waals surface area contributed by atoms with Gasteiger partial charge >= 0.3 is 0 Å². The highest BCUT2D eigenvalue weighted by atomic mass is 79.9. The molecule has 3 rings (SSSR count). The summed E-state index contributed by atoms with van der Waals surface area (Å²) in [7, 11) is 0. The van der Waals surface area contributed by atoms with Gasteiger partial charge in [-0.25, -0.2) is 15.0 Å². The molecule has 1 heterocycles. The summed E-state index contributed by atoms with van der Waals surface area (Å²) in [5.74, 6) is 0.668. The van der Waals surface area contributed by atoms with Gasteiger partial charge in [0.2, 0.25) is 0 Å². The van der Waals surface area contributed by atoms with Gasteiger partial charge in [-0.1, -0.05) is 52.3 Å². The first-order valence-electron chi connectivity index (χ1n) is 5.82. The van der Waals surface area contributed by atoms with E-state index in [9.17, 15) is 0 Å². The van der Waals surface area contributed by atoms with Crippen molar-refractivity contribution in [1.82, 2.24) is 15.0 Å². The minimum absolute atomic E-state index is 0.668. The average molecular weight is 312 g/mol. The van der Waals surface area contributed by atoms with Gasteiger partial charge in [0, 0.05) is 10.0 Å². The highest BCUT2D eigenvalue weighted by molar-refractivity contribution is 9.10. The van der Waals surface area contributed by atoms with Gasteiger partial charge in [-0.05, 0) is 23.3 Å². The number of benzene rings is 2. The van der Waals surface area contributed by atoms with Crippen molar-refractivity contribution in [2.75, 3.05) is 0 Å². The van der Waals surface area contributed by atoms with Gasteiger partial charge in [0.1, 0.15) is 12.7 Å². The Labute approximate surface area is 119 Å². The fourth-order valence-corrected chi connectivity index (χ4v) is 2.44. The molecule has 0 saturated heterocycles. The van der Waals surface area contributed by atoms with Crippen LogP contribution in [-0.2, 0) is 0 Å². The molecule has 0 saturated carbocycles. The molecule has 0 spiro atoms. The Kier molecular flexibility index (Phi) is 3.33. The molecular weight excluding hydrogens is 302 g/mol. The Bertz CT molecular complexity index is 684. The second-order valence-corrected chi connectivity index (χ2v) is 4.88. The Balaban J connectivity index is 2.04.